The van der Waals surface area contributed by atoms with E-state index in [1.165, 1.54) is 0 Å². The zero-order valence-corrected chi connectivity index (χ0v) is 15.3. The molecule has 0 unspecified atom stereocenters. The first kappa shape index (κ1) is 17.6. The molecule has 4 nitrogen and oxygen atoms in total. The number of rotatable bonds is 5. The maximum Gasteiger partial charge on any atom is 0.319 e. The third kappa shape index (κ3) is 5.44. The van der Waals surface area contributed by atoms with Crippen LogP contribution in [0.25, 0.3) is 0 Å². The van der Waals surface area contributed by atoms with E-state index in [4.69, 9.17) is 16.3 Å². The van der Waals surface area contributed by atoms with Gasteiger partial charge in [0.1, 0.15) is 12.4 Å². The van der Waals surface area contributed by atoms with Crippen LogP contribution in [0.4, 0.5) is 10.5 Å². The SMILES string of the molecule is Cc1ccc(Cl)c(OCCNC(=O)Nc2ccc(Br)c(C)c2)c1. The summed E-state index contributed by atoms with van der Waals surface area (Å²) in [7, 11) is 0. The molecule has 0 saturated carbocycles. The zero-order chi connectivity index (χ0) is 16.8. The Morgan fingerprint density at radius 3 is 2.74 bits per heavy atom. The van der Waals surface area contributed by atoms with Gasteiger partial charge in [0.25, 0.3) is 0 Å². The molecule has 122 valence electrons. The van der Waals surface area contributed by atoms with E-state index in [0.29, 0.717) is 23.9 Å². The molecule has 2 aromatic carbocycles. The number of nitrogens with one attached hydrogen (secondary N) is 2. The van der Waals surface area contributed by atoms with E-state index >= 15 is 0 Å². The van der Waals surface area contributed by atoms with Crippen LogP contribution in [-0.4, -0.2) is 19.2 Å². The van der Waals surface area contributed by atoms with Crippen molar-refractivity contribution in [1.29, 1.82) is 0 Å². The molecular formula is C17H18BrClN2O2. The highest BCUT2D eigenvalue weighted by Crippen LogP contribution is 2.25. The first-order chi connectivity index (χ1) is 11.0. The van der Waals surface area contributed by atoms with Crippen molar-refractivity contribution in [2.24, 2.45) is 0 Å². The molecule has 0 bridgehead atoms. The second-order valence-electron chi connectivity index (χ2n) is 5.13. The molecule has 0 spiro atoms. The highest BCUT2D eigenvalue weighted by Gasteiger charge is 2.04. The summed E-state index contributed by atoms with van der Waals surface area (Å²) in [6, 6.07) is 10.9. The van der Waals surface area contributed by atoms with Gasteiger partial charge >= 0.3 is 6.03 Å². The van der Waals surface area contributed by atoms with E-state index < -0.39 is 0 Å². The van der Waals surface area contributed by atoms with Crippen LogP contribution in [0.5, 0.6) is 5.75 Å². The van der Waals surface area contributed by atoms with Gasteiger partial charge in [-0.15, -0.1) is 0 Å². The van der Waals surface area contributed by atoms with Crippen LogP contribution in [-0.2, 0) is 0 Å². The van der Waals surface area contributed by atoms with Crippen molar-refractivity contribution in [1.82, 2.24) is 5.32 Å². The summed E-state index contributed by atoms with van der Waals surface area (Å²) < 4.78 is 6.58. The Kier molecular flexibility index (Phi) is 6.30. The predicted octanol–water partition coefficient (Wildman–Crippen LogP) is 4.92. The van der Waals surface area contributed by atoms with Crippen molar-refractivity contribution in [3.63, 3.8) is 0 Å². The maximum absolute atomic E-state index is 11.8. The normalized spacial score (nSPS) is 10.3. The molecule has 0 aliphatic rings. The van der Waals surface area contributed by atoms with Crippen molar-refractivity contribution >= 4 is 39.2 Å². The standard InChI is InChI=1S/C17H18BrClN2O2/c1-11-3-6-15(19)16(9-11)23-8-7-20-17(22)21-13-4-5-14(18)12(2)10-13/h3-6,9-10H,7-8H2,1-2H3,(H2,20,21,22). The average molecular weight is 398 g/mol. The summed E-state index contributed by atoms with van der Waals surface area (Å²) in [5, 5.41) is 6.08. The van der Waals surface area contributed by atoms with Crippen molar-refractivity contribution < 1.29 is 9.53 Å². The first-order valence-corrected chi connectivity index (χ1v) is 8.33. The molecule has 6 heteroatoms. The summed E-state index contributed by atoms with van der Waals surface area (Å²) in [5.74, 6) is 0.623. The van der Waals surface area contributed by atoms with Gasteiger partial charge in [-0.25, -0.2) is 4.79 Å². The van der Waals surface area contributed by atoms with E-state index in [1.807, 2.05) is 44.2 Å². The highest BCUT2D eigenvalue weighted by atomic mass is 79.9. The lowest BCUT2D eigenvalue weighted by Crippen LogP contribution is -2.32. The number of carbonyl (C=O) groups excluding carboxylic acids is 1. The Morgan fingerprint density at radius 2 is 2.00 bits per heavy atom. The van der Waals surface area contributed by atoms with E-state index in [9.17, 15) is 4.79 Å². The molecule has 2 N–H and O–H groups in total. The van der Waals surface area contributed by atoms with Crippen LogP contribution in [0.3, 0.4) is 0 Å². The zero-order valence-electron chi connectivity index (χ0n) is 13.0. The molecule has 2 amide bonds. The fraction of sp³-hybridized carbons (Fsp3) is 0.235. The molecule has 2 rings (SSSR count). The van der Waals surface area contributed by atoms with Crippen LogP contribution < -0.4 is 15.4 Å². The van der Waals surface area contributed by atoms with Gasteiger partial charge in [-0.2, -0.15) is 0 Å². The van der Waals surface area contributed by atoms with Crippen molar-refractivity contribution in [2.45, 2.75) is 13.8 Å². The summed E-state index contributed by atoms with van der Waals surface area (Å²) in [5.41, 5.74) is 2.87. The summed E-state index contributed by atoms with van der Waals surface area (Å²) >= 11 is 9.47. The fourth-order valence-electron chi connectivity index (χ4n) is 1.94. The van der Waals surface area contributed by atoms with E-state index in [1.54, 1.807) is 6.07 Å². The maximum atomic E-state index is 11.8. The molecule has 0 aliphatic carbocycles. The Hall–Kier alpha value is -1.72. The predicted molar refractivity (Wildman–Crippen MR) is 97.6 cm³/mol. The molecule has 0 heterocycles. The average Bonchev–Trinajstić information content (AvgIpc) is 2.51. The third-order valence-electron chi connectivity index (χ3n) is 3.15. The lowest BCUT2D eigenvalue weighted by molar-refractivity contribution is 0.247. The second kappa shape index (κ2) is 8.22. The van der Waals surface area contributed by atoms with E-state index in [2.05, 4.69) is 26.6 Å². The molecule has 0 aromatic heterocycles. The molecule has 0 fully saturated rings. The molecule has 2 aromatic rings. The number of aryl methyl sites for hydroxylation is 2. The lowest BCUT2D eigenvalue weighted by Gasteiger charge is -2.11. The molecule has 23 heavy (non-hydrogen) atoms. The summed E-state index contributed by atoms with van der Waals surface area (Å²) in [6.07, 6.45) is 0. The van der Waals surface area contributed by atoms with Gasteiger partial charge in [0.2, 0.25) is 0 Å². The van der Waals surface area contributed by atoms with E-state index in [-0.39, 0.29) is 6.03 Å². The van der Waals surface area contributed by atoms with Crippen LogP contribution in [0.15, 0.2) is 40.9 Å². The van der Waals surface area contributed by atoms with E-state index in [0.717, 1.165) is 21.3 Å². The third-order valence-corrected chi connectivity index (χ3v) is 4.35. The number of hydrogen-bond acceptors (Lipinski definition) is 2. The Morgan fingerprint density at radius 1 is 1.22 bits per heavy atom. The number of amides is 2. The van der Waals surface area contributed by atoms with Crippen LogP contribution in [0.1, 0.15) is 11.1 Å². The second-order valence-corrected chi connectivity index (χ2v) is 6.39. The summed E-state index contributed by atoms with van der Waals surface area (Å²) in [6.45, 7) is 4.66. The van der Waals surface area contributed by atoms with Crippen LogP contribution in [0, 0.1) is 13.8 Å². The van der Waals surface area contributed by atoms with Crippen molar-refractivity contribution in [3.05, 3.63) is 57.0 Å². The molecule has 0 atom stereocenters. The van der Waals surface area contributed by atoms with Gasteiger partial charge in [0.15, 0.2) is 0 Å². The minimum atomic E-state index is -0.273. The Balaban J connectivity index is 1.76. The number of urea groups is 1. The van der Waals surface area contributed by atoms with Crippen LogP contribution >= 0.6 is 27.5 Å². The lowest BCUT2D eigenvalue weighted by atomic mass is 10.2. The summed E-state index contributed by atoms with van der Waals surface area (Å²) in [4.78, 5) is 11.8. The number of benzene rings is 2. The topological polar surface area (TPSA) is 50.4 Å². The Labute approximate surface area is 149 Å². The van der Waals surface area contributed by atoms with Gasteiger partial charge in [-0.05, 0) is 55.3 Å². The number of halogens is 2. The van der Waals surface area contributed by atoms with Gasteiger partial charge in [0, 0.05) is 10.2 Å². The molecular weight excluding hydrogens is 380 g/mol. The van der Waals surface area contributed by atoms with Gasteiger partial charge in [-0.1, -0.05) is 33.6 Å². The molecule has 0 aliphatic heterocycles. The number of ether oxygens (including phenoxy) is 1. The van der Waals surface area contributed by atoms with Gasteiger partial charge in [-0.3, -0.25) is 0 Å². The largest absolute Gasteiger partial charge is 0.490 e. The smallest absolute Gasteiger partial charge is 0.319 e. The van der Waals surface area contributed by atoms with Crippen LogP contribution in [0.2, 0.25) is 5.02 Å². The number of carbonyl (C=O) groups is 1. The van der Waals surface area contributed by atoms with Crippen molar-refractivity contribution in [3.8, 4) is 5.75 Å². The Bertz CT molecular complexity index is 707. The van der Waals surface area contributed by atoms with Crippen molar-refractivity contribution in [2.75, 3.05) is 18.5 Å². The molecule has 0 radical (unpaired) electrons. The fourth-order valence-corrected chi connectivity index (χ4v) is 2.36. The quantitative estimate of drug-likeness (QED) is 0.704. The minimum Gasteiger partial charge on any atom is -0.490 e. The minimum absolute atomic E-state index is 0.273. The number of anilines is 1. The monoisotopic (exact) mass is 396 g/mol. The van der Waals surface area contributed by atoms with Gasteiger partial charge < -0.3 is 15.4 Å². The number of hydrogen-bond donors (Lipinski definition) is 2. The first-order valence-electron chi connectivity index (χ1n) is 7.15. The highest BCUT2D eigenvalue weighted by molar-refractivity contribution is 9.10. The van der Waals surface area contributed by atoms with Gasteiger partial charge in [0.05, 0.1) is 11.6 Å². The molecule has 0 saturated heterocycles.